The second-order valence-electron chi connectivity index (χ2n) is 4.10. The maximum absolute atomic E-state index is 11.5. The SMILES string of the molecule is CCCOc1ccc(NC(=O)[C@@H](C)N)c(C)c1. The van der Waals surface area contributed by atoms with E-state index in [0.29, 0.717) is 6.61 Å². The van der Waals surface area contributed by atoms with Gasteiger partial charge in [0, 0.05) is 5.69 Å². The van der Waals surface area contributed by atoms with Crippen LogP contribution in [0.15, 0.2) is 18.2 Å². The van der Waals surface area contributed by atoms with Crippen molar-refractivity contribution in [2.24, 2.45) is 5.73 Å². The minimum Gasteiger partial charge on any atom is -0.494 e. The number of nitrogens with one attached hydrogen (secondary N) is 1. The van der Waals surface area contributed by atoms with Crippen LogP contribution in [0, 0.1) is 6.92 Å². The molecule has 0 saturated carbocycles. The van der Waals surface area contributed by atoms with Crippen molar-refractivity contribution in [2.45, 2.75) is 33.2 Å². The molecular weight excluding hydrogens is 216 g/mol. The number of nitrogens with two attached hydrogens (primary N) is 1. The van der Waals surface area contributed by atoms with Crippen LogP contribution in [0.3, 0.4) is 0 Å². The summed E-state index contributed by atoms with van der Waals surface area (Å²) < 4.78 is 5.51. The number of carbonyl (C=O) groups is 1. The molecule has 0 heterocycles. The Labute approximate surface area is 102 Å². The first-order valence-corrected chi connectivity index (χ1v) is 5.84. The van der Waals surface area contributed by atoms with Gasteiger partial charge in [-0.2, -0.15) is 0 Å². The molecule has 94 valence electrons. The molecule has 4 nitrogen and oxygen atoms in total. The summed E-state index contributed by atoms with van der Waals surface area (Å²) in [5, 5.41) is 2.77. The smallest absolute Gasteiger partial charge is 0.241 e. The first-order valence-electron chi connectivity index (χ1n) is 5.84. The Morgan fingerprint density at radius 3 is 2.76 bits per heavy atom. The highest BCUT2D eigenvalue weighted by Gasteiger charge is 2.09. The van der Waals surface area contributed by atoms with Crippen LogP contribution < -0.4 is 15.8 Å². The zero-order valence-corrected chi connectivity index (χ0v) is 10.6. The van der Waals surface area contributed by atoms with Crippen LogP contribution in [-0.4, -0.2) is 18.6 Å². The fourth-order valence-corrected chi connectivity index (χ4v) is 1.33. The highest BCUT2D eigenvalue weighted by Crippen LogP contribution is 2.21. The minimum atomic E-state index is -0.509. The zero-order valence-electron chi connectivity index (χ0n) is 10.6. The number of amides is 1. The van der Waals surface area contributed by atoms with Gasteiger partial charge in [0.15, 0.2) is 0 Å². The van der Waals surface area contributed by atoms with Crippen molar-refractivity contribution in [3.05, 3.63) is 23.8 Å². The van der Waals surface area contributed by atoms with Crippen molar-refractivity contribution in [2.75, 3.05) is 11.9 Å². The molecule has 0 radical (unpaired) electrons. The Hall–Kier alpha value is -1.55. The Bertz CT molecular complexity index is 389. The van der Waals surface area contributed by atoms with Crippen LogP contribution in [0.25, 0.3) is 0 Å². The van der Waals surface area contributed by atoms with Crippen molar-refractivity contribution in [3.63, 3.8) is 0 Å². The molecule has 0 spiro atoms. The summed E-state index contributed by atoms with van der Waals surface area (Å²) in [5.41, 5.74) is 7.23. The summed E-state index contributed by atoms with van der Waals surface area (Å²) in [6.45, 7) is 6.34. The molecule has 1 aromatic rings. The largest absolute Gasteiger partial charge is 0.494 e. The Kier molecular flexibility index (Phi) is 4.97. The molecule has 0 aromatic heterocycles. The molecule has 1 aromatic carbocycles. The van der Waals surface area contributed by atoms with E-state index < -0.39 is 6.04 Å². The van der Waals surface area contributed by atoms with Gasteiger partial charge in [0.1, 0.15) is 5.75 Å². The average molecular weight is 236 g/mol. The van der Waals surface area contributed by atoms with Gasteiger partial charge in [-0.05, 0) is 44.0 Å². The minimum absolute atomic E-state index is 0.185. The van der Waals surface area contributed by atoms with E-state index in [1.807, 2.05) is 25.1 Å². The fourth-order valence-electron chi connectivity index (χ4n) is 1.33. The van der Waals surface area contributed by atoms with Crippen molar-refractivity contribution in [3.8, 4) is 5.75 Å². The molecule has 4 heteroatoms. The van der Waals surface area contributed by atoms with Crippen molar-refractivity contribution in [1.29, 1.82) is 0 Å². The van der Waals surface area contributed by atoms with Gasteiger partial charge >= 0.3 is 0 Å². The van der Waals surface area contributed by atoms with Crippen molar-refractivity contribution < 1.29 is 9.53 Å². The molecule has 1 atom stereocenters. The summed E-state index contributed by atoms with van der Waals surface area (Å²) >= 11 is 0. The van der Waals surface area contributed by atoms with E-state index in [2.05, 4.69) is 12.2 Å². The van der Waals surface area contributed by atoms with Crippen molar-refractivity contribution >= 4 is 11.6 Å². The number of hydrogen-bond acceptors (Lipinski definition) is 3. The lowest BCUT2D eigenvalue weighted by molar-refractivity contribution is -0.117. The van der Waals surface area contributed by atoms with Gasteiger partial charge in [-0.25, -0.2) is 0 Å². The number of benzene rings is 1. The van der Waals surface area contributed by atoms with Gasteiger partial charge < -0.3 is 15.8 Å². The van der Waals surface area contributed by atoms with E-state index in [9.17, 15) is 4.79 Å². The number of carbonyl (C=O) groups excluding carboxylic acids is 1. The molecular formula is C13H20N2O2. The molecule has 0 unspecified atom stereocenters. The molecule has 0 bridgehead atoms. The van der Waals surface area contributed by atoms with E-state index in [1.165, 1.54) is 0 Å². The molecule has 0 fully saturated rings. The van der Waals surface area contributed by atoms with Gasteiger partial charge in [0.25, 0.3) is 0 Å². The highest BCUT2D eigenvalue weighted by atomic mass is 16.5. The third-order valence-corrected chi connectivity index (χ3v) is 2.34. The first kappa shape index (κ1) is 13.5. The lowest BCUT2D eigenvalue weighted by Crippen LogP contribution is -2.32. The predicted molar refractivity (Wildman–Crippen MR) is 69.2 cm³/mol. The van der Waals surface area contributed by atoms with Crippen LogP contribution in [0.2, 0.25) is 0 Å². The summed E-state index contributed by atoms with van der Waals surface area (Å²) in [7, 11) is 0. The molecule has 0 aliphatic heterocycles. The lowest BCUT2D eigenvalue weighted by Gasteiger charge is -2.12. The maximum atomic E-state index is 11.5. The van der Waals surface area contributed by atoms with Crippen LogP contribution in [0.1, 0.15) is 25.8 Å². The molecule has 0 aliphatic rings. The normalized spacial score (nSPS) is 12.0. The fraction of sp³-hybridized carbons (Fsp3) is 0.462. The number of anilines is 1. The Morgan fingerprint density at radius 2 is 2.24 bits per heavy atom. The summed E-state index contributed by atoms with van der Waals surface area (Å²) in [4.78, 5) is 11.5. The van der Waals surface area contributed by atoms with Crippen LogP contribution in [0.4, 0.5) is 5.69 Å². The molecule has 3 N–H and O–H groups in total. The monoisotopic (exact) mass is 236 g/mol. The van der Waals surface area contributed by atoms with Gasteiger partial charge in [0.2, 0.25) is 5.91 Å². The van der Waals surface area contributed by atoms with Crippen LogP contribution in [-0.2, 0) is 4.79 Å². The molecule has 0 saturated heterocycles. The average Bonchev–Trinajstić information content (AvgIpc) is 2.29. The van der Waals surface area contributed by atoms with Gasteiger partial charge in [0.05, 0.1) is 12.6 Å². The van der Waals surface area contributed by atoms with E-state index in [4.69, 9.17) is 10.5 Å². The topological polar surface area (TPSA) is 64.3 Å². The van der Waals surface area contributed by atoms with E-state index in [-0.39, 0.29) is 5.91 Å². The highest BCUT2D eigenvalue weighted by molar-refractivity contribution is 5.95. The number of hydrogen-bond donors (Lipinski definition) is 2. The maximum Gasteiger partial charge on any atom is 0.241 e. The molecule has 17 heavy (non-hydrogen) atoms. The first-order chi connectivity index (χ1) is 8.04. The predicted octanol–water partition coefficient (Wildman–Crippen LogP) is 2.07. The van der Waals surface area contributed by atoms with E-state index in [0.717, 1.165) is 23.4 Å². The number of rotatable bonds is 5. The molecule has 1 rings (SSSR count). The Morgan fingerprint density at radius 1 is 1.53 bits per heavy atom. The quantitative estimate of drug-likeness (QED) is 0.822. The Balaban J connectivity index is 2.72. The van der Waals surface area contributed by atoms with Crippen LogP contribution in [0.5, 0.6) is 5.75 Å². The van der Waals surface area contributed by atoms with E-state index in [1.54, 1.807) is 6.92 Å². The zero-order chi connectivity index (χ0) is 12.8. The standard InChI is InChI=1S/C13H20N2O2/c1-4-7-17-11-5-6-12(9(2)8-11)15-13(16)10(3)14/h5-6,8,10H,4,7,14H2,1-3H3,(H,15,16)/t10-/m1/s1. The van der Waals surface area contributed by atoms with Gasteiger partial charge in [-0.15, -0.1) is 0 Å². The van der Waals surface area contributed by atoms with E-state index >= 15 is 0 Å². The number of ether oxygens (including phenoxy) is 1. The summed E-state index contributed by atoms with van der Waals surface area (Å²) in [6, 6.07) is 5.08. The van der Waals surface area contributed by atoms with Crippen molar-refractivity contribution in [1.82, 2.24) is 0 Å². The third kappa shape index (κ3) is 4.07. The second-order valence-corrected chi connectivity index (χ2v) is 4.10. The number of aryl methyl sites for hydroxylation is 1. The summed E-state index contributed by atoms with van der Waals surface area (Å²) in [5.74, 6) is 0.637. The lowest BCUT2D eigenvalue weighted by atomic mass is 10.2. The summed E-state index contributed by atoms with van der Waals surface area (Å²) in [6.07, 6.45) is 0.974. The van der Waals surface area contributed by atoms with Crippen LogP contribution >= 0.6 is 0 Å². The van der Waals surface area contributed by atoms with Gasteiger partial charge in [-0.1, -0.05) is 6.92 Å². The third-order valence-electron chi connectivity index (χ3n) is 2.34. The van der Waals surface area contributed by atoms with Gasteiger partial charge in [-0.3, -0.25) is 4.79 Å². The molecule has 0 aliphatic carbocycles. The second kappa shape index (κ2) is 6.25. The molecule has 1 amide bonds.